The van der Waals surface area contributed by atoms with E-state index in [1.54, 1.807) is 32.9 Å². The van der Waals surface area contributed by atoms with E-state index in [0.717, 1.165) is 0 Å². The maximum Gasteiger partial charge on any atom is 0.336 e. The molecule has 1 aromatic rings. The third kappa shape index (κ3) is 4.90. The molecule has 0 bridgehead atoms. The Labute approximate surface area is 155 Å². The average molecular weight is 376 g/mol. The van der Waals surface area contributed by atoms with E-state index in [4.69, 9.17) is 9.57 Å². The first-order chi connectivity index (χ1) is 12.6. The van der Waals surface area contributed by atoms with E-state index in [9.17, 15) is 24.0 Å². The first kappa shape index (κ1) is 20.1. The van der Waals surface area contributed by atoms with Gasteiger partial charge in [0.1, 0.15) is 13.2 Å². The number of benzene rings is 1. The lowest BCUT2D eigenvalue weighted by Gasteiger charge is -2.17. The number of esters is 1. The lowest BCUT2D eigenvalue weighted by molar-refractivity contribution is -0.170. The second kappa shape index (κ2) is 7.98. The third-order valence-electron chi connectivity index (χ3n) is 3.59. The molecule has 0 spiro atoms. The van der Waals surface area contributed by atoms with Crippen molar-refractivity contribution in [2.45, 2.75) is 27.2 Å². The van der Waals surface area contributed by atoms with Crippen LogP contribution in [0, 0.1) is 5.41 Å². The van der Waals surface area contributed by atoms with Crippen LogP contribution in [0.2, 0.25) is 0 Å². The van der Waals surface area contributed by atoms with Crippen molar-refractivity contribution in [3.63, 3.8) is 0 Å². The number of rotatable bonds is 6. The zero-order chi connectivity index (χ0) is 20.2. The van der Waals surface area contributed by atoms with Crippen LogP contribution in [0.25, 0.3) is 0 Å². The molecule has 0 unspecified atom stereocenters. The van der Waals surface area contributed by atoms with E-state index in [-0.39, 0.29) is 36.6 Å². The molecular weight excluding hydrogens is 356 g/mol. The van der Waals surface area contributed by atoms with E-state index >= 15 is 0 Å². The molecule has 1 aromatic carbocycles. The summed E-state index contributed by atoms with van der Waals surface area (Å²) in [4.78, 5) is 63.9. The van der Waals surface area contributed by atoms with Crippen molar-refractivity contribution in [1.82, 2.24) is 10.4 Å². The fourth-order valence-corrected chi connectivity index (χ4v) is 2.11. The molecule has 0 saturated carbocycles. The van der Waals surface area contributed by atoms with Gasteiger partial charge in [0, 0.05) is 5.41 Å². The van der Waals surface area contributed by atoms with Crippen LogP contribution in [0.3, 0.4) is 0 Å². The Balaban J connectivity index is 1.74. The average Bonchev–Trinajstić information content (AvgIpc) is 2.84. The maximum atomic E-state index is 12.1. The van der Waals surface area contributed by atoms with E-state index in [0.29, 0.717) is 5.06 Å². The van der Waals surface area contributed by atoms with Gasteiger partial charge in [-0.2, -0.15) is 0 Å². The summed E-state index contributed by atoms with van der Waals surface area (Å²) in [5, 5.41) is 2.80. The predicted octanol–water partition coefficient (Wildman–Crippen LogP) is 0.836. The highest BCUT2D eigenvalue weighted by Gasteiger charge is 2.38. The number of carbonyl (C=O) groups excluding carboxylic acids is 5. The van der Waals surface area contributed by atoms with Gasteiger partial charge in [-0.1, -0.05) is 38.0 Å². The molecule has 0 fully saturated rings. The summed E-state index contributed by atoms with van der Waals surface area (Å²) in [5.74, 6) is -3.40. The molecule has 27 heavy (non-hydrogen) atoms. The number of imide groups is 1. The number of carbonyl (C=O) groups is 5. The highest BCUT2D eigenvalue weighted by Crippen LogP contribution is 2.22. The summed E-state index contributed by atoms with van der Waals surface area (Å²) in [5.41, 5.74) is -0.344. The Kier molecular flexibility index (Phi) is 5.94. The van der Waals surface area contributed by atoms with Crippen LogP contribution in [0.4, 0.5) is 0 Å². The molecule has 0 aromatic heterocycles. The minimum atomic E-state index is -0.906. The Morgan fingerprint density at radius 1 is 1.00 bits per heavy atom. The van der Waals surface area contributed by atoms with Gasteiger partial charge in [0.2, 0.25) is 5.91 Å². The molecule has 0 aliphatic carbocycles. The molecule has 2 rings (SSSR count). The highest BCUT2D eigenvalue weighted by molar-refractivity contribution is 6.20. The second-order valence-electron chi connectivity index (χ2n) is 6.82. The lowest BCUT2D eigenvalue weighted by atomic mass is 9.96. The van der Waals surface area contributed by atoms with E-state index in [1.165, 1.54) is 12.1 Å². The van der Waals surface area contributed by atoms with Gasteiger partial charge in [-0.3, -0.25) is 19.2 Å². The lowest BCUT2D eigenvalue weighted by Crippen LogP contribution is -2.38. The zero-order valence-corrected chi connectivity index (χ0v) is 15.2. The van der Waals surface area contributed by atoms with E-state index in [2.05, 4.69) is 5.32 Å². The van der Waals surface area contributed by atoms with Crippen molar-refractivity contribution < 1.29 is 33.5 Å². The van der Waals surface area contributed by atoms with Crippen LogP contribution in [0.5, 0.6) is 0 Å². The molecule has 1 heterocycles. The third-order valence-corrected chi connectivity index (χ3v) is 3.59. The molecule has 1 aliphatic heterocycles. The van der Waals surface area contributed by atoms with Gasteiger partial charge < -0.3 is 14.9 Å². The number of fused-ring (bicyclic) bond motifs is 1. The van der Waals surface area contributed by atoms with Gasteiger partial charge in [-0.05, 0) is 12.1 Å². The van der Waals surface area contributed by atoms with Crippen LogP contribution >= 0.6 is 0 Å². The van der Waals surface area contributed by atoms with Crippen molar-refractivity contribution in [3.8, 4) is 0 Å². The molecule has 1 N–H and O–H groups in total. The van der Waals surface area contributed by atoms with Crippen LogP contribution in [-0.4, -0.2) is 47.9 Å². The first-order valence-electron chi connectivity index (χ1n) is 8.24. The normalized spacial score (nSPS) is 13.2. The Hall–Kier alpha value is -3.23. The summed E-state index contributed by atoms with van der Waals surface area (Å²) in [6.45, 7) is 4.45. The number of amides is 3. The number of hydroxylamine groups is 2. The maximum absolute atomic E-state index is 12.1. The predicted molar refractivity (Wildman–Crippen MR) is 91.1 cm³/mol. The SMILES string of the molecule is CC(C)(C)C(=O)NCC(=O)OCCC(=O)ON1C(=O)c2ccccc2C1=O. The Morgan fingerprint density at radius 2 is 1.56 bits per heavy atom. The minimum Gasteiger partial charge on any atom is -0.464 e. The molecule has 3 amide bonds. The summed E-state index contributed by atoms with van der Waals surface area (Å²) < 4.78 is 4.81. The smallest absolute Gasteiger partial charge is 0.336 e. The standard InChI is InChI=1S/C18H20N2O7/c1-18(2,3)17(25)19-10-14(22)26-9-8-13(21)27-20-15(23)11-6-4-5-7-12(11)16(20)24/h4-7H,8-10H2,1-3H3,(H,19,25). The number of hydrogen-bond donors (Lipinski definition) is 1. The van der Waals surface area contributed by atoms with Gasteiger partial charge in [0.05, 0.1) is 17.5 Å². The topological polar surface area (TPSA) is 119 Å². The number of nitrogens with zero attached hydrogens (tertiary/aromatic N) is 1. The quantitative estimate of drug-likeness (QED) is 0.577. The summed E-state index contributed by atoms with van der Waals surface area (Å²) in [7, 11) is 0. The van der Waals surface area contributed by atoms with Crippen LogP contribution < -0.4 is 5.32 Å². The van der Waals surface area contributed by atoms with Gasteiger partial charge >= 0.3 is 11.9 Å². The molecular formula is C18H20N2O7. The summed E-state index contributed by atoms with van der Waals surface area (Å²) in [6.07, 6.45) is -0.355. The van der Waals surface area contributed by atoms with E-state index < -0.39 is 29.2 Å². The number of nitrogens with one attached hydrogen (secondary N) is 1. The fraction of sp³-hybridized carbons (Fsp3) is 0.389. The first-order valence-corrected chi connectivity index (χ1v) is 8.24. The van der Waals surface area contributed by atoms with Crippen molar-refractivity contribution >= 4 is 29.7 Å². The van der Waals surface area contributed by atoms with E-state index in [1.807, 2.05) is 0 Å². The van der Waals surface area contributed by atoms with Crippen molar-refractivity contribution in [1.29, 1.82) is 0 Å². The monoisotopic (exact) mass is 376 g/mol. The van der Waals surface area contributed by atoms with Crippen molar-refractivity contribution in [3.05, 3.63) is 35.4 Å². The summed E-state index contributed by atoms with van der Waals surface area (Å²) in [6, 6.07) is 6.09. The highest BCUT2D eigenvalue weighted by atomic mass is 16.7. The molecule has 144 valence electrons. The molecule has 9 nitrogen and oxygen atoms in total. The van der Waals surface area contributed by atoms with Gasteiger partial charge in [0.15, 0.2) is 0 Å². The molecule has 0 radical (unpaired) electrons. The molecule has 0 saturated heterocycles. The fourth-order valence-electron chi connectivity index (χ4n) is 2.11. The van der Waals surface area contributed by atoms with Crippen molar-refractivity contribution in [2.24, 2.45) is 5.41 Å². The second-order valence-corrected chi connectivity index (χ2v) is 6.82. The molecule has 9 heteroatoms. The largest absolute Gasteiger partial charge is 0.464 e. The van der Waals surface area contributed by atoms with Crippen molar-refractivity contribution in [2.75, 3.05) is 13.2 Å². The van der Waals surface area contributed by atoms with Gasteiger partial charge in [-0.25, -0.2) is 4.79 Å². The van der Waals surface area contributed by atoms with Crippen LogP contribution in [0.1, 0.15) is 47.9 Å². The zero-order valence-electron chi connectivity index (χ0n) is 15.2. The minimum absolute atomic E-state index is 0.149. The Bertz CT molecular complexity index is 760. The Morgan fingerprint density at radius 3 is 2.07 bits per heavy atom. The number of ether oxygens (including phenoxy) is 1. The molecule has 1 aliphatic rings. The molecule has 0 atom stereocenters. The number of hydrogen-bond acceptors (Lipinski definition) is 7. The summed E-state index contributed by atoms with van der Waals surface area (Å²) >= 11 is 0. The van der Waals surface area contributed by atoms with Gasteiger partial charge in [-0.15, -0.1) is 0 Å². The van der Waals surface area contributed by atoms with Crippen LogP contribution in [-0.2, 0) is 24.0 Å². The van der Waals surface area contributed by atoms with Crippen LogP contribution in [0.15, 0.2) is 24.3 Å². The van der Waals surface area contributed by atoms with Gasteiger partial charge in [0.25, 0.3) is 11.8 Å².